The van der Waals surface area contributed by atoms with Gasteiger partial charge in [-0.1, -0.05) is 29.8 Å². The van der Waals surface area contributed by atoms with Crippen LogP contribution in [0.3, 0.4) is 0 Å². The van der Waals surface area contributed by atoms with Crippen molar-refractivity contribution >= 4 is 23.2 Å². The van der Waals surface area contributed by atoms with Crippen molar-refractivity contribution in [1.29, 1.82) is 10.5 Å². The van der Waals surface area contributed by atoms with E-state index in [0.717, 1.165) is 0 Å². The maximum atomic E-state index is 12.0. The van der Waals surface area contributed by atoms with Crippen molar-refractivity contribution in [2.45, 2.75) is 12.8 Å². The highest BCUT2D eigenvalue weighted by Gasteiger charge is 2.41. The molecule has 0 bridgehead atoms. The fraction of sp³-hybridized carbons (Fsp3) is 0.286. The average Bonchev–Trinajstić information content (AvgIpc) is 2.77. The zero-order valence-corrected chi connectivity index (χ0v) is 11.4. The number of hydrogen-bond acceptors (Lipinski definition) is 4. The summed E-state index contributed by atoms with van der Waals surface area (Å²) in [4.78, 5) is 12.0. The molecule has 1 heterocycles. The Bertz CT molecular complexity index is 642. The zero-order chi connectivity index (χ0) is 14.7. The minimum Gasteiger partial charge on any atom is -0.272 e. The highest BCUT2D eigenvalue weighted by Crippen LogP contribution is 2.38. The van der Waals surface area contributed by atoms with Crippen molar-refractivity contribution in [2.24, 2.45) is 16.9 Å². The number of amides is 1. The Morgan fingerprint density at radius 3 is 2.50 bits per heavy atom. The quantitative estimate of drug-likeness (QED) is 0.924. The molecule has 100 valence electrons. The minimum absolute atomic E-state index is 0.317. The molecule has 1 aliphatic heterocycles. The van der Waals surface area contributed by atoms with Gasteiger partial charge in [-0.15, -0.1) is 0 Å². The standard InChI is InChI=1S/C14H11ClN4O/c1-8-12(14(20)19-18-8)13(9(6-16)7-17)10-4-2-3-5-11(10)15/h2-5,9,12-13H,1H3,(H,19,20)/t12-,13+/m0/s1. The third-order valence-corrected chi connectivity index (χ3v) is 3.68. The number of hydrogen-bond donors (Lipinski definition) is 1. The van der Waals surface area contributed by atoms with Crippen molar-refractivity contribution in [3.8, 4) is 12.1 Å². The Kier molecular flexibility index (Phi) is 4.02. The van der Waals surface area contributed by atoms with Gasteiger partial charge >= 0.3 is 0 Å². The van der Waals surface area contributed by atoms with E-state index in [2.05, 4.69) is 10.5 Å². The molecule has 5 nitrogen and oxygen atoms in total. The number of rotatable bonds is 3. The molecular weight excluding hydrogens is 276 g/mol. The van der Waals surface area contributed by atoms with Gasteiger partial charge < -0.3 is 0 Å². The van der Waals surface area contributed by atoms with E-state index in [1.165, 1.54) is 0 Å². The molecular formula is C14H11ClN4O. The van der Waals surface area contributed by atoms with Crippen molar-refractivity contribution in [3.63, 3.8) is 0 Å². The molecule has 0 spiro atoms. The van der Waals surface area contributed by atoms with Crippen molar-refractivity contribution in [1.82, 2.24) is 5.43 Å². The van der Waals surface area contributed by atoms with E-state index in [0.29, 0.717) is 16.3 Å². The Labute approximate surface area is 121 Å². The average molecular weight is 287 g/mol. The Hall–Kier alpha value is -2.37. The second-order valence-corrected chi connectivity index (χ2v) is 4.90. The molecule has 1 aromatic rings. The monoisotopic (exact) mass is 286 g/mol. The summed E-state index contributed by atoms with van der Waals surface area (Å²) in [5.41, 5.74) is 3.54. The van der Waals surface area contributed by atoms with Crippen LogP contribution in [0.15, 0.2) is 29.4 Å². The summed E-state index contributed by atoms with van der Waals surface area (Å²) in [7, 11) is 0. The van der Waals surface area contributed by atoms with Gasteiger partial charge in [0.25, 0.3) is 0 Å². The number of nitriles is 2. The molecule has 20 heavy (non-hydrogen) atoms. The lowest BCUT2D eigenvalue weighted by Gasteiger charge is -2.23. The number of halogens is 1. The first-order valence-electron chi connectivity index (χ1n) is 5.97. The van der Waals surface area contributed by atoms with Crippen LogP contribution in [-0.4, -0.2) is 11.6 Å². The van der Waals surface area contributed by atoms with Crippen LogP contribution >= 0.6 is 11.6 Å². The molecule has 2 rings (SSSR count). The van der Waals surface area contributed by atoms with Crippen LogP contribution in [0, 0.1) is 34.5 Å². The zero-order valence-electron chi connectivity index (χ0n) is 10.7. The maximum Gasteiger partial charge on any atom is 0.249 e. The van der Waals surface area contributed by atoms with Crippen LogP contribution < -0.4 is 5.43 Å². The lowest BCUT2D eigenvalue weighted by Crippen LogP contribution is -2.32. The van der Waals surface area contributed by atoms with Crippen LogP contribution in [-0.2, 0) is 4.79 Å². The summed E-state index contributed by atoms with van der Waals surface area (Å²) in [6.07, 6.45) is 0. The lowest BCUT2D eigenvalue weighted by molar-refractivity contribution is -0.122. The van der Waals surface area contributed by atoms with E-state index < -0.39 is 17.8 Å². The van der Waals surface area contributed by atoms with Gasteiger partial charge in [0.1, 0.15) is 5.92 Å². The van der Waals surface area contributed by atoms with Gasteiger partial charge in [0.2, 0.25) is 5.91 Å². The number of nitrogens with zero attached hydrogens (tertiary/aromatic N) is 3. The van der Waals surface area contributed by atoms with E-state index in [4.69, 9.17) is 11.6 Å². The SMILES string of the molecule is CC1=NNC(=O)[C@@H]1[C@@H](c1ccccc1Cl)C(C#N)C#N. The molecule has 0 radical (unpaired) electrons. The Morgan fingerprint density at radius 2 is 2.00 bits per heavy atom. The van der Waals surface area contributed by atoms with Crippen LogP contribution in [0.25, 0.3) is 0 Å². The number of carbonyl (C=O) groups excluding carboxylic acids is 1. The van der Waals surface area contributed by atoms with E-state index in [-0.39, 0.29) is 5.91 Å². The van der Waals surface area contributed by atoms with E-state index in [9.17, 15) is 15.3 Å². The third kappa shape index (κ3) is 2.36. The fourth-order valence-corrected chi connectivity index (χ4v) is 2.64. The molecule has 6 heteroatoms. The van der Waals surface area contributed by atoms with Gasteiger partial charge in [0.15, 0.2) is 0 Å². The molecule has 0 fully saturated rings. The molecule has 2 atom stereocenters. The van der Waals surface area contributed by atoms with E-state index >= 15 is 0 Å². The van der Waals surface area contributed by atoms with Gasteiger partial charge in [0, 0.05) is 16.7 Å². The number of carbonyl (C=O) groups is 1. The molecule has 0 unspecified atom stereocenters. The van der Waals surface area contributed by atoms with Crippen LogP contribution in [0.5, 0.6) is 0 Å². The van der Waals surface area contributed by atoms with E-state index in [1.54, 1.807) is 31.2 Å². The first-order valence-corrected chi connectivity index (χ1v) is 6.35. The van der Waals surface area contributed by atoms with E-state index in [1.807, 2.05) is 12.1 Å². The number of benzene rings is 1. The highest BCUT2D eigenvalue weighted by atomic mass is 35.5. The van der Waals surface area contributed by atoms with Gasteiger partial charge in [-0.25, -0.2) is 5.43 Å². The largest absolute Gasteiger partial charge is 0.272 e. The van der Waals surface area contributed by atoms with Crippen LogP contribution in [0.2, 0.25) is 5.02 Å². The summed E-state index contributed by atoms with van der Waals surface area (Å²) >= 11 is 6.16. The topological polar surface area (TPSA) is 89.0 Å². The summed E-state index contributed by atoms with van der Waals surface area (Å²) in [6, 6.07) is 10.8. The maximum absolute atomic E-state index is 12.0. The van der Waals surface area contributed by atoms with Gasteiger partial charge in [0.05, 0.1) is 18.1 Å². The fourth-order valence-electron chi connectivity index (χ4n) is 2.38. The summed E-state index contributed by atoms with van der Waals surface area (Å²) in [6.45, 7) is 1.69. The predicted molar refractivity (Wildman–Crippen MR) is 73.7 cm³/mol. The van der Waals surface area contributed by atoms with Crippen LogP contribution in [0.1, 0.15) is 18.4 Å². The number of nitrogens with one attached hydrogen (secondary N) is 1. The molecule has 0 saturated heterocycles. The first kappa shape index (κ1) is 14.0. The Morgan fingerprint density at radius 1 is 1.35 bits per heavy atom. The summed E-state index contributed by atoms with van der Waals surface area (Å²) in [5.74, 6) is -2.58. The summed E-state index contributed by atoms with van der Waals surface area (Å²) in [5, 5.41) is 22.7. The van der Waals surface area contributed by atoms with Crippen molar-refractivity contribution in [3.05, 3.63) is 34.9 Å². The normalized spacial score (nSPS) is 18.9. The lowest BCUT2D eigenvalue weighted by atomic mass is 9.76. The second-order valence-electron chi connectivity index (χ2n) is 4.49. The van der Waals surface area contributed by atoms with Crippen LogP contribution in [0.4, 0.5) is 0 Å². The summed E-state index contributed by atoms with van der Waals surface area (Å²) < 4.78 is 0. The minimum atomic E-state index is -0.978. The van der Waals surface area contributed by atoms with Gasteiger partial charge in [-0.05, 0) is 18.6 Å². The van der Waals surface area contributed by atoms with Gasteiger partial charge in [-0.2, -0.15) is 15.6 Å². The Balaban J connectivity index is 2.55. The van der Waals surface area contributed by atoms with Crippen molar-refractivity contribution < 1.29 is 4.79 Å². The molecule has 0 aliphatic carbocycles. The smallest absolute Gasteiger partial charge is 0.249 e. The first-order chi connectivity index (χ1) is 9.60. The number of hydrazone groups is 1. The molecule has 1 aromatic carbocycles. The predicted octanol–water partition coefficient (Wildman–Crippen LogP) is 2.21. The second kappa shape index (κ2) is 5.73. The molecule has 1 aliphatic rings. The van der Waals surface area contributed by atoms with Crippen molar-refractivity contribution in [2.75, 3.05) is 0 Å². The molecule has 1 amide bonds. The molecule has 0 saturated carbocycles. The highest BCUT2D eigenvalue weighted by molar-refractivity contribution is 6.31. The van der Waals surface area contributed by atoms with Gasteiger partial charge in [-0.3, -0.25) is 4.79 Å². The molecule has 0 aromatic heterocycles. The molecule has 1 N–H and O–H groups in total. The third-order valence-electron chi connectivity index (χ3n) is 3.34.